The number of fused-ring (bicyclic) bond motifs is 1. The van der Waals surface area contributed by atoms with Crippen molar-refractivity contribution in [2.24, 2.45) is 0 Å². The number of hydrogen-bond donors (Lipinski definition) is 0. The minimum absolute atomic E-state index is 0.192. The molecule has 3 aromatic heterocycles. The molecule has 1 aromatic carbocycles. The first kappa shape index (κ1) is 15.0. The van der Waals surface area contributed by atoms with Crippen molar-refractivity contribution in [3.05, 3.63) is 64.8 Å². The zero-order valence-corrected chi connectivity index (χ0v) is 14.6. The van der Waals surface area contributed by atoms with Gasteiger partial charge in [0.1, 0.15) is 0 Å². The van der Waals surface area contributed by atoms with Crippen molar-refractivity contribution in [2.75, 3.05) is 7.11 Å². The van der Waals surface area contributed by atoms with Crippen LogP contribution in [-0.4, -0.2) is 37.4 Å². The number of benzene rings is 1. The van der Waals surface area contributed by atoms with Crippen LogP contribution < -0.4 is 0 Å². The zero-order chi connectivity index (χ0) is 16.5. The van der Waals surface area contributed by atoms with E-state index < -0.39 is 5.97 Å². The van der Waals surface area contributed by atoms with Gasteiger partial charge in [0.25, 0.3) is 0 Å². The molecule has 6 heteroatoms. The van der Waals surface area contributed by atoms with E-state index in [-0.39, 0.29) is 20.3 Å². The number of furan rings is 1. The first-order chi connectivity index (χ1) is 11.8. The number of nitrogens with zero attached hydrogens (tertiary/aromatic N) is 2. The maximum absolute atomic E-state index is 11.6. The van der Waals surface area contributed by atoms with Crippen molar-refractivity contribution in [1.82, 2.24) is 9.78 Å². The van der Waals surface area contributed by atoms with Gasteiger partial charge in [0.05, 0.1) is 0 Å². The standard InChI is InChI=1S/C18H14N2O3Se/c1-22-18(21)15-8-7-14(23-15)16-17-13(9-10-24-17)20(19-16)11-12-5-3-2-4-6-12/h2-10H,11H2,1H3. The van der Waals surface area contributed by atoms with Crippen molar-refractivity contribution in [3.8, 4) is 11.5 Å². The van der Waals surface area contributed by atoms with E-state index in [0.29, 0.717) is 12.3 Å². The summed E-state index contributed by atoms with van der Waals surface area (Å²) in [4.78, 5) is 13.8. The predicted molar refractivity (Wildman–Crippen MR) is 91.3 cm³/mol. The van der Waals surface area contributed by atoms with Crippen LogP contribution in [0, 0.1) is 0 Å². The molecule has 0 amide bonds. The van der Waals surface area contributed by atoms with E-state index >= 15 is 0 Å². The molecule has 24 heavy (non-hydrogen) atoms. The van der Waals surface area contributed by atoms with Gasteiger partial charge >= 0.3 is 144 Å². The Balaban J connectivity index is 1.75. The summed E-state index contributed by atoms with van der Waals surface area (Å²) in [6, 6.07) is 15.7. The molecule has 0 saturated carbocycles. The van der Waals surface area contributed by atoms with Gasteiger partial charge in [0.15, 0.2) is 0 Å². The second kappa shape index (κ2) is 6.15. The van der Waals surface area contributed by atoms with E-state index in [4.69, 9.17) is 14.3 Å². The van der Waals surface area contributed by atoms with Crippen LogP contribution in [0.2, 0.25) is 0 Å². The normalized spacial score (nSPS) is 11.0. The summed E-state index contributed by atoms with van der Waals surface area (Å²) in [7, 11) is 1.34. The molecule has 3 heterocycles. The molecule has 0 aliphatic carbocycles. The summed E-state index contributed by atoms with van der Waals surface area (Å²) in [5.74, 6) is 0.312. The van der Waals surface area contributed by atoms with Gasteiger partial charge in [0.2, 0.25) is 0 Å². The molecule has 120 valence electrons. The molecule has 0 aliphatic heterocycles. The van der Waals surface area contributed by atoms with Crippen LogP contribution >= 0.6 is 0 Å². The summed E-state index contributed by atoms with van der Waals surface area (Å²) in [5.41, 5.74) is 3.11. The number of carbonyl (C=O) groups excluding carboxylic acids is 1. The molecule has 0 unspecified atom stereocenters. The maximum atomic E-state index is 11.6. The molecule has 0 fully saturated rings. The van der Waals surface area contributed by atoms with Gasteiger partial charge < -0.3 is 0 Å². The van der Waals surface area contributed by atoms with E-state index in [1.54, 1.807) is 12.1 Å². The van der Waals surface area contributed by atoms with Crippen molar-refractivity contribution >= 4 is 30.2 Å². The molecule has 0 spiro atoms. The molecule has 4 rings (SSSR count). The quantitative estimate of drug-likeness (QED) is 0.400. The Morgan fingerprint density at radius 3 is 2.83 bits per heavy atom. The fraction of sp³-hybridized carbons (Fsp3) is 0.111. The summed E-state index contributed by atoms with van der Waals surface area (Å²) < 4.78 is 13.5. The Morgan fingerprint density at radius 1 is 1.21 bits per heavy atom. The molecule has 0 aliphatic rings. The molecule has 5 nitrogen and oxygen atoms in total. The van der Waals surface area contributed by atoms with E-state index in [0.717, 1.165) is 11.2 Å². The van der Waals surface area contributed by atoms with E-state index in [1.807, 2.05) is 22.9 Å². The van der Waals surface area contributed by atoms with Crippen LogP contribution in [0.15, 0.2) is 57.9 Å². The van der Waals surface area contributed by atoms with Gasteiger partial charge in [-0.05, 0) is 0 Å². The monoisotopic (exact) mass is 386 g/mol. The number of carbonyl (C=O) groups is 1. The number of methoxy groups -OCH3 is 1. The molecule has 0 saturated heterocycles. The van der Waals surface area contributed by atoms with Crippen LogP contribution in [0.4, 0.5) is 0 Å². The van der Waals surface area contributed by atoms with Gasteiger partial charge in [-0.25, -0.2) is 0 Å². The number of esters is 1. The topological polar surface area (TPSA) is 57.3 Å². The Hall–Kier alpha value is -2.56. The average Bonchev–Trinajstić information content (AvgIpc) is 3.32. The third-order valence-electron chi connectivity index (χ3n) is 3.76. The second-order valence-electron chi connectivity index (χ2n) is 5.28. The van der Waals surface area contributed by atoms with Crippen LogP contribution in [-0.2, 0) is 11.3 Å². The van der Waals surface area contributed by atoms with Crippen LogP contribution in [0.25, 0.3) is 21.2 Å². The molecular weight excluding hydrogens is 371 g/mol. The summed E-state index contributed by atoms with van der Waals surface area (Å²) in [5, 5.41) is 4.73. The molecular formula is C18H14N2O3Se. The van der Waals surface area contributed by atoms with Crippen molar-refractivity contribution in [1.29, 1.82) is 0 Å². The number of ether oxygens (including phenoxy) is 1. The van der Waals surface area contributed by atoms with Gasteiger partial charge in [-0.3, -0.25) is 0 Å². The minimum atomic E-state index is -0.481. The third-order valence-corrected chi connectivity index (χ3v) is 5.67. The van der Waals surface area contributed by atoms with Gasteiger partial charge in [0, 0.05) is 0 Å². The van der Waals surface area contributed by atoms with E-state index in [2.05, 4.69) is 23.1 Å². The van der Waals surface area contributed by atoms with Gasteiger partial charge in [-0.2, -0.15) is 0 Å². The zero-order valence-electron chi connectivity index (χ0n) is 12.9. The molecule has 0 bridgehead atoms. The second-order valence-corrected chi connectivity index (χ2v) is 7.20. The van der Waals surface area contributed by atoms with E-state index in [9.17, 15) is 4.79 Å². The Kier molecular flexibility index (Phi) is 3.84. The number of hydrogen-bond acceptors (Lipinski definition) is 4. The van der Waals surface area contributed by atoms with Crippen molar-refractivity contribution in [3.63, 3.8) is 0 Å². The molecule has 0 N–H and O–H groups in total. The fourth-order valence-corrected chi connectivity index (χ4v) is 4.46. The summed E-state index contributed by atoms with van der Waals surface area (Å²) >= 11 is 0.220. The predicted octanol–water partition coefficient (Wildman–Crippen LogP) is 3.19. The Morgan fingerprint density at radius 2 is 2.04 bits per heavy atom. The first-order valence-electron chi connectivity index (χ1n) is 7.42. The Bertz CT molecular complexity index is 998. The molecule has 0 atom stereocenters. The summed E-state index contributed by atoms with van der Waals surface area (Å²) in [6.45, 7) is 0.703. The van der Waals surface area contributed by atoms with Crippen molar-refractivity contribution < 1.29 is 13.9 Å². The summed E-state index contributed by atoms with van der Waals surface area (Å²) in [6.07, 6.45) is 0. The van der Waals surface area contributed by atoms with Crippen LogP contribution in [0.5, 0.6) is 0 Å². The average molecular weight is 385 g/mol. The molecule has 0 radical (unpaired) electrons. The SMILES string of the molecule is COC(=O)c1ccc(-c2nn(Cc3ccccc3)c3cc[se]c23)o1. The van der Waals surface area contributed by atoms with Crippen LogP contribution in [0.1, 0.15) is 16.1 Å². The van der Waals surface area contributed by atoms with Crippen LogP contribution in [0.3, 0.4) is 0 Å². The Labute approximate surface area is 144 Å². The third kappa shape index (κ3) is 2.60. The van der Waals surface area contributed by atoms with E-state index in [1.165, 1.54) is 16.9 Å². The fourth-order valence-electron chi connectivity index (χ4n) is 2.62. The number of rotatable bonds is 4. The molecule has 4 aromatic rings. The van der Waals surface area contributed by atoms with Crippen molar-refractivity contribution in [2.45, 2.75) is 6.54 Å². The number of aromatic nitrogens is 2. The van der Waals surface area contributed by atoms with Gasteiger partial charge in [-0.1, -0.05) is 0 Å². The first-order valence-corrected chi connectivity index (χ1v) is 9.27. The van der Waals surface area contributed by atoms with Gasteiger partial charge in [-0.15, -0.1) is 0 Å².